The van der Waals surface area contributed by atoms with Gasteiger partial charge in [0, 0.05) is 25.9 Å². The SMILES string of the molecule is COC1CCCN(CCCc2ccc3c(n2)NCCC3)C1. The van der Waals surface area contributed by atoms with Gasteiger partial charge in [0.1, 0.15) is 5.82 Å². The van der Waals surface area contributed by atoms with E-state index in [4.69, 9.17) is 9.72 Å². The lowest BCUT2D eigenvalue weighted by Crippen LogP contribution is -2.39. The van der Waals surface area contributed by atoms with Gasteiger partial charge in [-0.1, -0.05) is 6.07 Å². The van der Waals surface area contributed by atoms with E-state index in [1.165, 1.54) is 49.9 Å². The van der Waals surface area contributed by atoms with Crippen LogP contribution in [0.1, 0.15) is 36.9 Å². The average Bonchev–Trinajstić information content (AvgIpc) is 2.55. The monoisotopic (exact) mass is 289 g/mol. The van der Waals surface area contributed by atoms with Gasteiger partial charge < -0.3 is 15.0 Å². The smallest absolute Gasteiger partial charge is 0.129 e. The molecule has 21 heavy (non-hydrogen) atoms. The highest BCUT2D eigenvalue weighted by molar-refractivity contribution is 5.46. The van der Waals surface area contributed by atoms with E-state index in [2.05, 4.69) is 22.3 Å². The quantitative estimate of drug-likeness (QED) is 0.903. The molecule has 2 aliphatic heterocycles. The number of methoxy groups -OCH3 is 1. The van der Waals surface area contributed by atoms with Crippen LogP contribution in [0.4, 0.5) is 5.82 Å². The van der Waals surface area contributed by atoms with Crippen LogP contribution in [0.25, 0.3) is 0 Å². The molecule has 2 aliphatic rings. The van der Waals surface area contributed by atoms with Crippen LogP contribution in [-0.4, -0.2) is 49.3 Å². The Balaban J connectivity index is 1.47. The van der Waals surface area contributed by atoms with Crippen molar-refractivity contribution in [2.24, 2.45) is 0 Å². The van der Waals surface area contributed by atoms with Gasteiger partial charge in [0.2, 0.25) is 0 Å². The average molecular weight is 289 g/mol. The van der Waals surface area contributed by atoms with Gasteiger partial charge in [-0.15, -0.1) is 0 Å². The van der Waals surface area contributed by atoms with E-state index in [-0.39, 0.29) is 0 Å². The number of hydrogen-bond acceptors (Lipinski definition) is 4. The lowest BCUT2D eigenvalue weighted by Gasteiger charge is -2.31. The minimum Gasteiger partial charge on any atom is -0.380 e. The molecule has 1 unspecified atom stereocenters. The fourth-order valence-corrected chi connectivity index (χ4v) is 3.40. The maximum atomic E-state index is 5.49. The van der Waals surface area contributed by atoms with Crippen molar-refractivity contribution < 1.29 is 4.74 Å². The van der Waals surface area contributed by atoms with Crippen molar-refractivity contribution in [1.82, 2.24) is 9.88 Å². The molecule has 0 aromatic carbocycles. The van der Waals surface area contributed by atoms with Crippen LogP contribution in [0.2, 0.25) is 0 Å². The number of likely N-dealkylation sites (tertiary alicyclic amines) is 1. The minimum absolute atomic E-state index is 0.435. The molecule has 0 spiro atoms. The molecule has 4 nitrogen and oxygen atoms in total. The van der Waals surface area contributed by atoms with Crippen LogP contribution in [-0.2, 0) is 17.6 Å². The summed E-state index contributed by atoms with van der Waals surface area (Å²) in [5.41, 5.74) is 2.60. The molecule has 1 saturated heterocycles. The van der Waals surface area contributed by atoms with Crippen LogP contribution >= 0.6 is 0 Å². The van der Waals surface area contributed by atoms with Crippen LogP contribution in [0.3, 0.4) is 0 Å². The Morgan fingerprint density at radius 1 is 1.38 bits per heavy atom. The molecule has 0 radical (unpaired) electrons. The summed E-state index contributed by atoms with van der Waals surface area (Å²) in [4.78, 5) is 7.31. The van der Waals surface area contributed by atoms with Crippen LogP contribution in [0.15, 0.2) is 12.1 Å². The first-order valence-electron chi connectivity index (χ1n) is 8.33. The van der Waals surface area contributed by atoms with E-state index in [9.17, 15) is 0 Å². The standard InChI is InChI=1S/C17H27N3O/c1-21-16-7-4-12-20(13-16)11-3-6-15-9-8-14-5-2-10-18-17(14)19-15/h8-9,16H,2-7,10-13H2,1H3,(H,18,19). The summed E-state index contributed by atoms with van der Waals surface area (Å²) < 4.78 is 5.49. The van der Waals surface area contributed by atoms with E-state index < -0.39 is 0 Å². The van der Waals surface area contributed by atoms with Crippen molar-refractivity contribution >= 4 is 5.82 Å². The second-order valence-corrected chi connectivity index (χ2v) is 6.24. The van der Waals surface area contributed by atoms with Crippen LogP contribution in [0, 0.1) is 0 Å². The molecule has 0 saturated carbocycles. The van der Waals surface area contributed by atoms with Crippen molar-refractivity contribution in [3.05, 3.63) is 23.4 Å². The van der Waals surface area contributed by atoms with Gasteiger partial charge in [-0.25, -0.2) is 4.98 Å². The van der Waals surface area contributed by atoms with Crippen molar-refractivity contribution in [2.75, 3.05) is 38.6 Å². The van der Waals surface area contributed by atoms with E-state index in [0.29, 0.717) is 6.10 Å². The third-order valence-corrected chi connectivity index (χ3v) is 4.65. The molecule has 4 heteroatoms. The lowest BCUT2D eigenvalue weighted by atomic mass is 10.1. The fourth-order valence-electron chi connectivity index (χ4n) is 3.40. The zero-order valence-corrected chi connectivity index (χ0v) is 13.1. The zero-order chi connectivity index (χ0) is 14.5. The normalized spacial score (nSPS) is 22.6. The van der Waals surface area contributed by atoms with Gasteiger partial charge in [-0.2, -0.15) is 0 Å². The first kappa shape index (κ1) is 14.8. The van der Waals surface area contributed by atoms with Gasteiger partial charge in [0.05, 0.1) is 6.10 Å². The second kappa shape index (κ2) is 7.23. The lowest BCUT2D eigenvalue weighted by molar-refractivity contribution is 0.0311. The minimum atomic E-state index is 0.435. The Morgan fingerprint density at radius 2 is 2.33 bits per heavy atom. The van der Waals surface area contributed by atoms with Gasteiger partial charge in [0.25, 0.3) is 0 Å². The number of piperidine rings is 1. The fraction of sp³-hybridized carbons (Fsp3) is 0.706. The number of rotatable bonds is 5. The molecule has 3 heterocycles. The Kier molecular flexibility index (Phi) is 5.09. The Bertz CT molecular complexity index is 463. The van der Waals surface area contributed by atoms with Gasteiger partial charge in [-0.3, -0.25) is 0 Å². The highest BCUT2D eigenvalue weighted by atomic mass is 16.5. The number of pyridine rings is 1. The maximum Gasteiger partial charge on any atom is 0.129 e. The first-order chi connectivity index (χ1) is 10.3. The second-order valence-electron chi connectivity index (χ2n) is 6.24. The molecular weight excluding hydrogens is 262 g/mol. The molecule has 0 aliphatic carbocycles. The van der Waals surface area contributed by atoms with E-state index in [1.807, 2.05) is 7.11 Å². The molecule has 1 atom stereocenters. The zero-order valence-electron chi connectivity index (χ0n) is 13.1. The molecule has 3 rings (SSSR count). The first-order valence-corrected chi connectivity index (χ1v) is 8.33. The number of nitrogens with one attached hydrogen (secondary N) is 1. The molecule has 1 aromatic rings. The number of nitrogens with zero attached hydrogens (tertiary/aromatic N) is 2. The third-order valence-electron chi connectivity index (χ3n) is 4.65. The molecule has 0 bridgehead atoms. The predicted octanol–water partition coefficient (Wildman–Crippen LogP) is 2.48. The molecular formula is C17H27N3O. The predicted molar refractivity (Wildman–Crippen MR) is 85.8 cm³/mol. The summed E-state index contributed by atoms with van der Waals surface area (Å²) >= 11 is 0. The topological polar surface area (TPSA) is 37.4 Å². The Labute approximate surface area is 127 Å². The number of ether oxygens (including phenoxy) is 1. The number of aromatic nitrogens is 1. The Morgan fingerprint density at radius 3 is 3.24 bits per heavy atom. The Hall–Kier alpha value is -1.13. The van der Waals surface area contributed by atoms with Gasteiger partial charge in [-0.05, 0) is 63.2 Å². The molecule has 1 N–H and O–H groups in total. The highest BCUT2D eigenvalue weighted by Gasteiger charge is 2.18. The van der Waals surface area contributed by atoms with Gasteiger partial charge >= 0.3 is 0 Å². The summed E-state index contributed by atoms with van der Waals surface area (Å²) in [6, 6.07) is 4.46. The molecule has 1 fully saturated rings. The van der Waals surface area contributed by atoms with E-state index in [1.54, 1.807) is 0 Å². The van der Waals surface area contributed by atoms with Crippen molar-refractivity contribution in [1.29, 1.82) is 0 Å². The summed E-state index contributed by atoms with van der Waals surface area (Å²) in [5, 5.41) is 3.42. The third kappa shape index (κ3) is 3.95. The largest absolute Gasteiger partial charge is 0.380 e. The molecule has 0 amide bonds. The van der Waals surface area contributed by atoms with E-state index in [0.717, 1.165) is 31.9 Å². The summed E-state index contributed by atoms with van der Waals surface area (Å²) in [7, 11) is 1.83. The maximum absolute atomic E-state index is 5.49. The van der Waals surface area contributed by atoms with Crippen molar-refractivity contribution in [2.45, 2.75) is 44.6 Å². The van der Waals surface area contributed by atoms with Gasteiger partial charge in [0.15, 0.2) is 0 Å². The number of fused-ring (bicyclic) bond motifs is 1. The molecule has 1 aromatic heterocycles. The number of aryl methyl sites for hydroxylation is 2. The summed E-state index contributed by atoms with van der Waals surface area (Å²) in [6.45, 7) is 4.54. The van der Waals surface area contributed by atoms with Crippen LogP contribution in [0.5, 0.6) is 0 Å². The van der Waals surface area contributed by atoms with Crippen molar-refractivity contribution in [3.8, 4) is 0 Å². The van der Waals surface area contributed by atoms with Crippen LogP contribution < -0.4 is 5.32 Å². The number of anilines is 1. The molecule has 116 valence electrons. The summed E-state index contributed by atoms with van der Waals surface area (Å²) in [6.07, 6.45) is 7.56. The summed E-state index contributed by atoms with van der Waals surface area (Å²) in [5.74, 6) is 1.12. The number of hydrogen-bond donors (Lipinski definition) is 1. The van der Waals surface area contributed by atoms with Crippen molar-refractivity contribution in [3.63, 3.8) is 0 Å². The van der Waals surface area contributed by atoms with E-state index >= 15 is 0 Å². The highest BCUT2D eigenvalue weighted by Crippen LogP contribution is 2.20.